The average molecular weight is 409 g/mol. The highest BCUT2D eigenvalue weighted by Crippen LogP contribution is 2.36. The van der Waals surface area contributed by atoms with Gasteiger partial charge >= 0.3 is 5.97 Å². The summed E-state index contributed by atoms with van der Waals surface area (Å²) in [6.07, 6.45) is 5.71. The molecule has 6 atom stereocenters. The standard InChI is InChI=1S/C23H36O6/c1-4-5-6-7-8-9-12-22(3)15-20(25)17(2)10-11-19-13-18(24)14-23(27,28-19)16-21(26)29-22/h5-6,17-20,24-25,27H,4,9-16H2,1-3H3/b6-5+/t17-,18-,19+,20+,22-,23+/m1/s1. The molecule has 29 heavy (non-hydrogen) atoms. The van der Waals surface area contributed by atoms with Gasteiger partial charge in [0.15, 0.2) is 5.79 Å². The molecule has 3 N–H and O–H groups in total. The van der Waals surface area contributed by atoms with Gasteiger partial charge in [0.1, 0.15) is 5.60 Å². The zero-order valence-electron chi connectivity index (χ0n) is 17.9. The maximum Gasteiger partial charge on any atom is 0.311 e. The fraction of sp³-hybridized carbons (Fsp3) is 0.783. The molecule has 0 saturated carbocycles. The highest BCUT2D eigenvalue weighted by molar-refractivity contribution is 5.71. The Morgan fingerprint density at radius 1 is 1.28 bits per heavy atom. The van der Waals surface area contributed by atoms with Gasteiger partial charge in [0, 0.05) is 19.3 Å². The zero-order valence-corrected chi connectivity index (χ0v) is 17.9. The SMILES string of the molecule is CC/C=C/C#CCC[C@]1(C)C[C@H](O)[C@H](C)CC[C@H]2C[C@@H](O)C[C@@](O)(CC(=O)O1)O2. The van der Waals surface area contributed by atoms with Gasteiger partial charge in [0.05, 0.1) is 24.7 Å². The van der Waals surface area contributed by atoms with Gasteiger partial charge in [-0.15, -0.1) is 0 Å². The van der Waals surface area contributed by atoms with Crippen molar-refractivity contribution < 1.29 is 29.6 Å². The number of aliphatic hydroxyl groups is 3. The summed E-state index contributed by atoms with van der Waals surface area (Å²) in [5.41, 5.74) is -0.893. The number of rotatable bonds is 3. The van der Waals surface area contributed by atoms with Crippen molar-refractivity contribution in [1.82, 2.24) is 0 Å². The lowest BCUT2D eigenvalue weighted by molar-refractivity contribution is -0.278. The van der Waals surface area contributed by atoms with Crippen LogP contribution < -0.4 is 0 Å². The molecule has 0 amide bonds. The van der Waals surface area contributed by atoms with E-state index >= 15 is 0 Å². The normalized spacial score (nSPS) is 39.0. The van der Waals surface area contributed by atoms with Crippen LogP contribution in [0.25, 0.3) is 0 Å². The molecule has 0 aliphatic carbocycles. The molecule has 2 bridgehead atoms. The molecule has 164 valence electrons. The van der Waals surface area contributed by atoms with Crippen LogP contribution in [0.3, 0.4) is 0 Å². The van der Waals surface area contributed by atoms with E-state index in [0.717, 1.165) is 6.42 Å². The Morgan fingerprint density at radius 3 is 2.76 bits per heavy atom. The van der Waals surface area contributed by atoms with E-state index in [2.05, 4.69) is 11.8 Å². The zero-order chi connectivity index (χ0) is 21.5. The second-order valence-electron chi connectivity index (χ2n) is 8.84. The molecule has 0 unspecified atom stereocenters. The summed E-state index contributed by atoms with van der Waals surface area (Å²) >= 11 is 0. The molecular weight excluding hydrogens is 372 g/mol. The number of hydrogen-bond donors (Lipinski definition) is 3. The Bertz CT molecular complexity index is 635. The van der Waals surface area contributed by atoms with Crippen molar-refractivity contribution in [2.45, 2.75) is 108 Å². The summed E-state index contributed by atoms with van der Waals surface area (Å²) in [5.74, 6) is 3.67. The lowest BCUT2D eigenvalue weighted by atomic mass is 9.84. The van der Waals surface area contributed by atoms with Crippen molar-refractivity contribution in [1.29, 1.82) is 0 Å². The lowest BCUT2D eigenvalue weighted by Crippen LogP contribution is -2.49. The second kappa shape index (κ2) is 10.6. The monoisotopic (exact) mass is 408 g/mol. The topological polar surface area (TPSA) is 96.2 Å². The van der Waals surface area contributed by atoms with E-state index in [0.29, 0.717) is 38.5 Å². The van der Waals surface area contributed by atoms with Crippen molar-refractivity contribution in [2.24, 2.45) is 5.92 Å². The van der Waals surface area contributed by atoms with E-state index in [1.54, 1.807) is 6.92 Å². The van der Waals surface area contributed by atoms with Crippen molar-refractivity contribution >= 4 is 5.97 Å². The minimum Gasteiger partial charge on any atom is -0.459 e. The van der Waals surface area contributed by atoms with Crippen LogP contribution in [0.5, 0.6) is 0 Å². The van der Waals surface area contributed by atoms with Crippen LogP contribution in [0, 0.1) is 17.8 Å². The summed E-state index contributed by atoms with van der Waals surface area (Å²) in [6, 6.07) is 0. The highest BCUT2D eigenvalue weighted by atomic mass is 16.6. The van der Waals surface area contributed by atoms with Crippen LogP contribution in [0.1, 0.15) is 78.6 Å². The van der Waals surface area contributed by atoms with Crippen molar-refractivity contribution in [2.75, 3.05) is 0 Å². The van der Waals surface area contributed by atoms with E-state index < -0.39 is 29.6 Å². The number of carbonyl (C=O) groups excluding carboxylic acids is 1. The van der Waals surface area contributed by atoms with Crippen molar-refractivity contribution in [3.63, 3.8) is 0 Å². The van der Waals surface area contributed by atoms with Gasteiger partial charge in [-0.25, -0.2) is 0 Å². The van der Waals surface area contributed by atoms with Crippen molar-refractivity contribution in [3.8, 4) is 11.8 Å². The van der Waals surface area contributed by atoms with Gasteiger partial charge in [-0.1, -0.05) is 31.8 Å². The molecular formula is C23H36O6. The van der Waals surface area contributed by atoms with Gasteiger partial charge in [-0.2, -0.15) is 0 Å². The smallest absolute Gasteiger partial charge is 0.311 e. The summed E-state index contributed by atoms with van der Waals surface area (Å²) in [5, 5.41) is 31.6. The summed E-state index contributed by atoms with van der Waals surface area (Å²) < 4.78 is 11.5. The second-order valence-corrected chi connectivity index (χ2v) is 8.84. The number of carbonyl (C=O) groups is 1. The predicted octanol–water partition coefficient (Wildman–Crippen LogP) is 2.84. The van der Waals surface area contributed by atoms with Gasteiger partial charge in [0.2, 0.25) is 0 Å². The Morgan fingerprint density at radius 2 is 2.03 bits per heavy atom. The molecule has 0 aromatic heterocycles. The number of fused-ring (bicyclic) bond motifs is 2. The lowest BCUT2D eigenvalue weighted by Gasteiger charge is -2.41. The quantitative estimate of drug-likeness (QED) is 0.491. The minimum absolute atomic E-state index is 0.0112. The molecule has 0 spiro atoms. The molecule has 2 heterocycles. The largest absolute Gasteiger partial charge is 0.459 e. The first-order chi connectivity index (χ1) is 13.6. The number of hydrogen-bond acceptors (Lipinski definition) is 6. The summed E-state index contributed by atoms with van der Waals surface area (Å²) in [7, 11) is 0. The first kappa shape index (κ1) is 23.9. The van der Waals surface area contributed by atoms with Crippen LogP contribution in [0.2, 0.25) is 0 Å². The summed E-state index contributed by atoms with van der Waals surface area (Å²) in [6.45, 7) is 5.80. The number of aliphatic hydroxyl groups excluding tert-OH is 2. The Kier molecular flexibility index (Phi) is 8.72. The van der Waals surface area contributed by atoms with Crippen LogP contribution in [-0.4, -0.2) is 51.0 Å². The third-order valence-electron chi connectivity index (χ3n) is 5.82. The fourth-order valence-corrected chi connectivity index (χ4v) is 4.10. The van der Waals surface area contributed by atoms with E-state index in [9.17, 15) is 20.1 Å². The predicted molar refractivity (Wildman–Crippen MR) is 110 cm³/mol. The van der Waals surface area contributed by atoms with Gasteiger partial charge in [-0.05, 0) is 51.0 Å². The van der Waals surface area contributed by atoms with Gasteiger partial charge in [0.25, 0.3) is 0 Å². The molecule has 0 aromatic carbocycles. The number of ether oxygens (including phenoxy) is 2. The minimum atomic E-state index is -1.72. The van der Waals surface area contributed by atoms with Crippen LogP contribution in [0.15, 0.2) is 12.2 Å². The third-order valence-corrected chi connectivity index (χ3v) is 5.82. The van der Waals surface area contributed by atoms with Gasteiger partial charge < -0.3 is 24.8 Å². The Hall–Kier alpha value is -1.39. The van der Waals surface area contributed by atoms with E-state index in [1.807, 2.05) is 26.0 Å². The average Bonchev–Trinajstić information content (AvgIpc) is 2.60. The number of allylic oxidation sites excluding steroid dienone is 2. The van der Waals surface area contributed by atoms with E-state index in [1.165, 1.54) is 0 Å². The molecule has 2 fully saturated rings. The third kappa shape index (κ3) is 7.75. The molecule has 6 heteroatoms. The van der Waals surface area contributed by atoms with E-state index in [4.69, 9.17) is 9.47 Å². The van der Waals surface area contributed by atoms with Gasteiger partial charge in [-0.3, -0.25) is 4.79 Å². The summed E-state index contributed by atoms with van der Waals surface area (Å²) in [4.78, 5) is 12.6. The maximum absolute atomic E-state index is 12.6. The highest BCUT2D eigenvalue weighted by Gasteiger charge is 2.44. The molecule has 0 radical (unpaired) electrons. The van der Waals surface area contributed by atoms with Crippen LogP contribution in [0.4, 0.5) is 0 Å². The molecule has 2 aliphatic heterocycles. The fourth-order valence-electron chi connectivity index (χ4n) is 4.10. The first-order valence-corrected chi connectivity index (χ1v) is 10.8. The maximum atomic E-state index is 12.6. The van der Waals surface area contributed by atoms with E-state index in [-0.39, 0.29) is 24.9 Å². The van der Waals surface area contributed by atoms with Crippen LogP contribution in [-0.2, 0) is 14.3 Å². The Balaban J connectivity index is 2.14. The number of esters is 1. The Labute approximate surface area is 174 Å². The molecule has 2 rings (SSSR count). The number of cyclic esters (lactones) is 1. The molecule has 6 nitrogen and oxygen atoms in total. The first-order valence-electron chi connectivity index (χ1n) is 10.8. The molecule has 2 saturated heterocycles. The van der Waals surface area contributed by atoms with Crippen molar-refractivity contribution in [3.05, 3.63) is 12.2 Å². The molecule has 0 aromatic rings. The van der Waals surface area contributed by atoms with Crippen LogP contribution >= 0.6 is 0 Å². The molecule has 2 aliphatic rings.